The number of hydrogen-bond donors (Lipinski definition) is 3. The largest absolute Gasteiger partial charge is 0.480 e. The molecule has 8 nitrogen and oxygen atoms in total. The van der Waals surface area contributed by atoms with E-state index in [1.807, 2.05) is 0 Å². The van der Waals surface area contributed by atoms with Gasteiger partial charge in [0.2, 0.25) is 10.0 Å². The molecule has 4 N–H and O–H groups in total. The Morgan fingerprint density at radius 1 is 1.50 bits per heavy atom. The lowest BCUT2D eigenvalue weighted by molar-refractivity contribution is -0.143. The van der Waals surface area contributed by atoms with Gasteiger partial charge in [-0.1, -0.05) is 6.92 Å². The van der Waals surface area contributed by atoms with Crippen molar-refractivity contribution in [3.63, 3.8) is 0 Å². The van der Waals surface area contributed by atoms with Gasteiger partial charge in [-0.05, 0) is 19.4 Å². The van der Waals surface area contributed by atoms with Crippen LogP contribution in [0.25, 0.3) is 0 Å². The maximum atomic E-state index is 12.2. The number of nitrogens with one attached hydrogen (secondary N) is 1. The number of aryl methyl sites for hydroxylation is 1. The third kappa shape index (κ3) is 2.99. The summed E-state index contributed by atoms with van der Waals surface area (Å²) in [7, 11) is -2.60. The lowest BCUT2D eigenvalue weighted by Crippen LogP contribution is -2.51. The number of nitrogens with zero attached hydrogens (tertiary/aromatic N) is 1. The topological polar surface area (TPSA) is 131 Å². The second-order valence-corrected chi connectivity index (χ2v) is 6.31. The monoisotopic (exact) mass is 303 g/mol. The van der Waals surface area contributed by atoms with Crippen molar-refractivity contribution in [3.8, 4) is 0 Å². The van der Waals surface area contributed by atoms with Crippen molar-refractivity contribution < 1.29 is 23.1 Å². The summed E-state index contributed by atoms with van der Waals surface area (Å²) in [6.45, 7) is 2.82. The smallest absolute Gasteiger partial charge is 0.324 e. The van der Waals surface area contributed by atoms with Crippen LogP contribution in [0.2, 0.25) is 0 Å². The number of hydrogen-bond acceptors (Lipinski definition) is 4. The Labute approximate surface area is 116 Å². The van der Waals surface area contributed by atoms with Crippen molar-refractivity contribution in [1.29, 1.82) is 0 Å². The Morgan fingerprint density at radius 3 is 2.40 bits per heavy atom. The molecule has 0 saturated heterocycles. The number of amides is 1. The molecule has 1 atom stereocenters. The zero-order valence-electron chi connectivity index (χ0n) is 11.4. The first-order chi connectivity index (χ1) is 9.03. The normalized spacial score (nSPS) is 14.8. The average Bonchev–Trinajstić information content (AvgIpc) is 2.71. The summed E-state index contributed by atoms with van der Waals surface area (Å²) in [5.74, 6) is -2.06. The number of carboxylic acids is 1. The van der Waals surface area contributed by atoms with Crippen LogP contribution in [-0.4, -0.2) is 35.5 Å². The van der Waals surface area contributed by atoms with E-state index >= 15 is 0 Å². The lowest BCUT2D eigenvalue weighted by atomic mass is 10.0. The van der Waals surface area contributed by atoms with Crippen molar-refractivity contribution >= 4 is 21.9 Å². The van der Waals surface area contributed by atoms with Gasteiger partial charge in [-0.2, -0.15) is 4.72 Å². The number of carboxylic acid groups (broad SMARTS) is 1. The second-order valence-electron chi connectivity index (χ2n) is 4.63. The highest BCUT2D eigenvalue weighted by Crippen LogP contribution is 2.18. The van der Waals surface area contributed by atoms with E-state index in [0.717, 1.165) is 6.07 Å². The van der Waals surface area contributed by atoms with Crippen LogP contribution in [0.3, 0.4) is 0 Å². The van der Waals surface area contributed by atoms with Gasteiger partial charge in [-0.25, -0.2) is 8.42 Å². The minimum Gasteiger partial charge on any atom is -0.480 e. The average molecular weight is 303 g/mol. The van der Waals surface area contributed by atoms with Gasteiger partial charge in [0.25, 0.3) is 5.91 Å². The van der Waals surface area contributed by atoms with Crippen LogP contribution in [-0.2, 0) is 21.9 Å². The van der Waals surface area contributed by atoms with Gasteiger partial charge in [0.15, 0.2) is 0 Å². The minimum atomic E-state index is -4.07. The highest BCUT2D eigenvalue weighted by atomic mass is 32.2. The number of rotatable bonds is 6. The number of sulfonamides is 1. The number of primary amides is 1. The maximum absolute atomic E-state index is 12.2. The number of nitrogens with two attached hydrogens (primary N) is 1. The Bertz CT molecular complexity index is 649. The molecule has 0 radical (unpaired) electrons. The van der Waals surface area contributed by atoms with Crippen LogP contribution >= 0.6 is 0 Å². The molecule has 0 spiro atoms. The lowest BCUT2D eigenvalue weighted by Gasteiger charge is -2.23. The number of aliphatic carboxylic acids is 1. The van der Waals surface area contributed by atoms with Gasteiger partial charge >= 0.3 is 5.97 Å². The Morgan fingerprint density at radius 2 is 2.05 bits per heavy atom. The number of carbonyl (C=O) groups is 2. The predicted molar refractivity (Wildman–Crippen MR) is 70.6 cm³/mol. The van der Waals surface area contributed by atoms with Gasteiger partial charge in [0.05, 0.1) is 0 Å². The summed E-state index contributed by atoms with van der Waals surface area (Å²) in [4.78, 5) is 22.0. The Kier molecular flexibility index (Phi) is 4.25. The molecule has 112 valence electrons. The highest BCUT2D eigenvalue weighted by molar-refractivity contribution is 7.89. The van der Waals surface area contributed by atoms with Crippen LogP contribution in [0.15, 0.2) is 17.2 Å². The van der Waals surface area contributed by atoms with Crippen molar-refractivity contribution in [2.24, 2.45) is 12.8 Å². The summed E-state index contributed by atoms with van der Waals surface area (Å²) < 4.78 is 27.7. The molecular weight excluding hydrogens is 286 g/mol. The molecule has 9 heteroatoms. The molecule has 0 aromatic carbocycles. The molecule has 0 aliphatic carbocycles. The molecule has 1 aromatic rings. The fraction of sp³-hybridized carbons (Fsp3) is 0.455. The van der Waals surface area contributed by atoms with E-state index in [9.17, 15) is 18.0 Å². The molecule has 0 fully saturated rings. The van der Waals surface area contributed by atoms with Gasteiger partial charge in [0, 0.05) is 13.2 Å². The van der Waals surface area contributed by atoms with Gasteiger partial charge < -0.3 is 15.4 Å². The van der Waals surface area contributed by atoms with Crippen molar-refractivity contribution in [2.75, 3.05) is 0 Å². The van der Waals surface area contributed by atoms with Crippen LogP contribution in [0.4, 0.5) is 0 Å². The van der Waals surface area contributed by atoms with Crippen molar-refractivity contribution in [1.82, 2.24) is 9.29 Å². The van der Waals surface area contributed by atoms with Crippen LogP contribution < -0.4 is 10.5 Å². The van der Waals surface area contributed by atoms with E-state index in [4.69, 9.17) is 10.8 Å². The van der Waals surface area contributed by atoms with E-state index in [1.54, 1.807) is 6.92 Å². The molecule has 1 aromatic heterocycles. The molecule has 1 rings (SSSR count). The van der Waals surface area contributed by atoms with Crippen molar-refractivity contribution in [2.45, 2.75) is 30.7 Å². The quantitative estimate of drug-likeness (QED) is 0.661. The Balaban J connectivity index is 3.21. The third-order valence-electron chi connectivity index (χ3n) is 3.08. The van der Waals surface area contributed by atoms with Crippen LogP contribution in [0, 0.1) is 0 Å². The number of carbonyl (C=O) groups excluding carboxylic acids is 1. The van der Waals surface area contributed by atoms with E-state index in [1.165, 1.54) is 24.7 Å². The van der Waals surface area contributed by atoms with Crippen molar-refractivity contribution in [3.05, 3.63) is 18.0 Å². The Hall–Kier alpha value is -1.87. The molecule has 0 aliphatic rings. The maximum Gasteiger partial charge on any atom is 0.324 e. The van der Waals surface area contributed by atoms with Gasteiger partial charge in [-0.15, -0.1) is 0 Å². The molecule has 1 amide bonds. The standard InChI is InChI=1S/C11H17N3O5S/c1-4-11(2,10(16)17)13-20(18,19)7-5-8(9(12)15)14(3)6-7/h5-6,13H,4H2,1-3H3,(H2,12,15)(H,16,17). The first-order valence-electron chi connectivity index (χ1n) is 5.77. The molecule has 1 unspecified atom stereocenters. The summed E-state index contributed by atoms with van der Waals surface area (Å²) >= 11 is 0. The van der Waals surface area contributed by atoms with Gasteiger partial charge in [-0.3, -0.25) is 9.59 Å². The molecule has 0 aliphatic heterocycles. The summed E-state index contributed by atoms with van der Waals surface area (Å²) in [5.41, 5.74) is 3.49. The predicted octanol–water partition coefficient (Wildman–Crippen LogP) is -0.344. The first kappa shape index (κ1) is 16.2. The van der Waals surface area contributed by atoms with Gasteiger partial charge in [0.1, 0.15) is 16.1 Å². The third-order valence-corrected chi connectivity index (χ3v) is 4.64. The summed E-state index contributed by atoms with van der Waals surface area (Å²) in [5, 5.41) is 9.08. The second kappa shape index (κ2) is 5.25. The SMILES string of the molecule is CCC(C)(NS(=O)(=O)c1cc(C(N)=O)n(C)c1)C(=O)O. The van der Waals surface area contributed by atoms with Crippen LogP contribution in [0.5, 0.6) is 0 Å². The summed E-state index contributed by atoms with van der Waals surface area (Å²) in [6.07, 6.45) is 1.26. The van der Waals surface area contributed by atoms with E-state index < -0.39 is 27.4 Å². The zero-order chi connectivity index (χ0) is 15.7. The fourth-order valence-corrected chi connectivity index (χ4v) is 3.05. The molecular formula is C11H17N3O5S. The van der Waals surface area contributed by atoms with E-state index in [-0.39, 0.29) is 17.0 Å². The van der Waals surface area contributed by atoms with Crippen LogP contribution in [0.1, 0.15) is 30.8 Å². The van der Waals surface area contributed by atoms with E-state index in [0.29, 0.717) is 0 Å². The first-order valence-corrected chi connectivity index (χ1v) is 7.25. The minimum absolute atomic E-state index is 0.0129. The zero-order valence-corrected chi connectivity index (χ0v) is 12.2. The molecule has 20 heavy (non-hydrogen) atoms. The molecule has 0 bridgehead atoms. The fourth-order valence-electron chi connectivity index (χ4n) is 1.55. The highest BCUT2D eigenvalue weighted by Gasteiger charge is 2.36. The summed E-state index contributed by atoms with van der Waals surface area (Å²) in [6, 6.07) is 1.10. The number of aromatic nitrogens is 1. The van der Waals surface area contributed by atoms with E-state index in [2.05, 4.69) is 4.72 Å². The molecule has 0 saturated carbocycles. The molecule has 1 heterocycles.